The fraction of sp³-hybridized carbons (Fsp3) is 0.333. The minimum absolute atomic E-state index is 0.0735. The highest BCUT2D eigenvalue weighted by Gasteiger charge is 2.14. The maximum Gasteiger partial charge on any atom is 0.267 e. The second kappa shape index (κ2) is 6.77. The largest absolute Gasteiger partial charge is 0.508 e. The van der Waals surface area contributed by atoms with Crippen molar-refractivity contribution in [1.29, 1.82) is 5.26 Å². The van der Waals surface area contributed by atoms with Gasteiger partial charge in [0.25, 0.3) is 5.91 Å². The van der Waals surface area contributed by atoms with E-state index in [1.807, 2.05) is 11.0 Å². The molecule has 1 fully saturated rings. The van der Waals surface area contributed by atoms with E-state index in [4.69, 9.17) is 5.26 Å². The standard InChI is InChI=1S/C15H18N4O2/c1-11-8-13(20)2-3-14(11)18-15(21)12(9-16)10-19-6-4-17-5-7-19/h2-3,8,10,17,20H,4-7H2,1H3,(H,18,21)/b12-10-. The molecule has 0 unspecified atom stereocenters. The van der Waals surface area contributed by atoms with Gasteiger partial charge in [-0.15, -0.1) is 0 Å². The van der Waals surface area contributed by atoms with Crippen molar-refractivity contribution < 1.29 is 9.90 Å². The third-order valence-corrected chi connectivity index (χ3v) is 3.29. The highest BCUT2D eigenvalue weighted by Crippen LogP contribution is 2.20. The number of phenolic OH excluding ortho intramolecular Hbond substituents is 1. The average molecular weight is 286 g/mol. The fourth-order valence-electron chi connectivity index (χ4n) is 2.11. The molecule has 0 aliphatic carbocycles. The molecule has 110 valence electrons. The smallest absolute Gasteiger partial charge is 0.267 e. The van der Waals surface area contributed by atoms with E-state index >= 15 is 0 Å². The number of benzene rings is 1. The van der Waals surface area contributed by atoms with Crippen molar-refractivity contribution in [3.05, 3.63) is 35.5 Å². The molecular formula is C15H18N4O2. The van der Waals surface area contributed by atoms with Gasteiger partial charge in [0.15, 0.2) is 0 Å². The van der Waals surface area contributed by atoms with E-state index in [0.29, 0.717) is 5.69 Å². The summed E-state index contributed by atoms with van der Waals surface area (Å²) in [5.74, 6) is -0.299. The number of nitriles is 1. The normalized spacial score (nSPS) is 15.4. The van der Waals surface area contributed by atoms with E-state index in [1.54, 1.807) is 25.3 Å². The predicted molar refractivity (Wildman–Crippen MR) is 79.6 cm³/mol. The quantitative estimate of drug-likeness (QED) is 0.437. The third kappa shape index (κ3) is 3.97. The summed E-state index contributed by atoms with van der Waals surface area (Å²) in [7, 11) is 0. The zero-order valence-electron chi connectivity index (χ0n) is 11.9. The Morgan fingerprint density at radius 3 is 2.81 bits per heavy atom. The summed E-state index contributed by atoms with van der Waals surface area (Å²) < 4.78 is 0. The first-order chi connectivity index (χ1) is 10.1. The molecule has 1 aromatic rings. The SMILES string of the molecule is Cc1cc(O)ccc1NC(=O)/C(C#N)=C\N1CCNCC1. The van der Waals surface area contributed by atoms with E-state index in [2.05, 4.69) is 10.6 Å². The molecule has 0 bridgehead atoms. The van der Waals surface area contributed by atoms with Gasteiger partial charge in [-0.3, -0.25) is 4.79 Å². The minimum Gasteiger partial charge on any atom is -0.508 e. The second-order valence-corrected chi connectivity index (χ2v) is 4.89. The summed E-state index contributed by atoms with van der Waals surface area (Å²) in [6.45, 7) is 5.01. The number of nitrogens with one attached hydrogen (secondary N) is 2. The molecule has 6 nitrogen and oxygen atoms in total. The number of rotatable bonds is 3. The van der Waals surface area contributed by atoms with Gasteiger partial charge in [0.05, 0.1) is 0 Å². The van der Waals surface area contributed by atoms with Crippen molar-refractivity contribution in [3.63, 3.8) is 0 Å². The van der Waals surface area contributed by atoms with Crippen LogP contribution in [0.1, 0.15) is 5.56 Å². The zero-order valence-corrected chi connectivity index (χ0v) is 11.9. The van der Waals surface area contributed by atoms with Crippen molar-refractivity contribution in [1.82, 2.24) is 10.2 Å². The number of hydrogen-bond acceptors (Lipinski definition) is 5. The number of anilines is 1. The van der Waals surface area contributed by atoms with Crippen LogP contribution < -0.4 is 10.6 Å². The van der Waals surface area contributed by atoms with Crippen LogP contribution in [-0.2, 0) is 4.79 Å². The van der Waals surface area contributed by atoms with E-state index in [-0.39, 0.29) is 11.3 Å². The van der Waals surface area contributed by atoms with Gasteiger partial charge in [-0.2, -0.15) is 5.26 Å². The number of piperazine rings is 1. The van der Waals surface area contributed by atoms with Crippen LogP contribution in [-0.4, -0.2) is 42.1 Å². The molecule has 0 spiro atoms. The first kappa shape index (κ1) is 14.9. The summed E-state index contributed by atoms with van der Waals surface area (Å²) >= 11 is 0. The molecule has 3 N–H and O–H groups in total. The van der Waals surface area contributed by atoms with Crippen LogP contribution >= 0.6 is 0 Å². The van der Waals surface area contributed by atoms with E-state index < -0.39 is 5.91 Å². The van der Waals surface area contributed by atoms with Crippen molar-refractivity contribution in [2.75, 3.05) is 31.5 Å². The van der Waals surface area contributed by atoms with Crippen LogP contribution in [0, 0.1) is 18.3 Å². The van der Waals surface area contributed by atoms with Crippen molar-refractivity contribution in [2.45, 2.75) is 6.92 Å². The van der Waals surface area contributed by atoms with E-state index in [9.17, 15) is 9.90 Å². The van der Waals surface area contributed by atoms with Crippen LogP contribution in [0.2, 0.25) is 0 Å². The summed E-state index contributed by atoms with van der Waals surface area (Å²) in [6, 6.07) is 6.60. The van der Waals surface area contributed by atoms with Crippen LogP contribution in [0.5, 0.6) is 5.75 Å². The first-order valence-corrected chi connectivity index (χ1v) is 6.78. The van der Waals surface area contributed by atoms with Gasteiger partial charge >= 0.3 is 0 Å². The minimum atomic E-state index is -0.440. The molecule has 0 saturated carbocycles. The second-order valence-electron chi connectivity index (χ2n) is 4.89. The summed E-state index contributed by atoms with van der Waals surface area (Å²) in [5, 5.41) is 24.4. The van der Waals surface area contributed by atoms with Gasteiger partial charge in [-0.25, -0.2) is 0 Å². The number of nitrogens with zero attached hydrogens (tertiary/aromatic N) is 2. The molecule has 21 heavy (non-hydrogen) atoms. The van der Waals surface area contributed by atoms with Crippen LogP contribution in [0.15, 0.2) is 30.0 Å². The molecule has 0 atom stereocenters. The molecule has 2 rings (SSSR count). The predicted octanol–water partition coefficient (Wildman–Crippen LogP) is 0.952. The number of carbonyl (C=O) groups is 1. The number of aryl methyl sites for hydroxylation is 1. The van der Waals surface area contributed by atoms with Crippen LogP contribution in [0.4, 0.5) is 5.69 Å². The molecule has 6 heteroatoms. The molecule has 1 aromatic carbocycles. The van der Waals surface area contributed by atoms with Crippen LogP contribution in [0.25, 0.3) is 0 Å². The van der Waals surface area contributed by atoms with Crippen molar-refractivity contribution >= 4 is 11.6 Å². The Labute approximate surface area is 123 Å². The maximum absolute atomic E-state index is 12.1. The lowest BCUT2D eigenvalue weighted by Crippen LogP contribution is -2.41. The molecule has 0 aromatic heterocycles. The zero-order chi connectivity index (χ0) is 15.2. The van der Waals surface area contributed by atoms with Gasteiger partial charge in [0.1, 0.15) is 17.4 Å². The summed E-state index contributed by atoms with van der Waals surface area (Å²) in [4.78, 5) is 14.1. The van der Waals surface area contributed by atoms with E-state index in [0.717, 1.165) is 31.7 Å². The fourth-order valence-corrected chi connectivity index (χ4v) is 2.11. The number of hydrogen-bond donors (Lipinski definition) is 3. The third-order valence-electron chi connectivity index (χ3n) is 3.29. The molecule has 0 radical (unpaired) electrons. The monoisotopic (exact) mass is 286 g/mol. The van der Waals surface area contributed by atoms with Gasteiger partial charge in [-0.1, -0.05) is 0 Å². The van der Waals surface area contributed by atoms with Crippen molar-refractivity contribution in [3.8, 4) is 11.8 Å². The van der Waals surface area contributed by atoms with Gasteiger partial charge < -0.3 is 20.6 Å². The van der Waals surface area contributed by atoms with Crippen LogP contribution in [0.3, 0.4) is 0 Å². The highest BCUT2D eigenvalue weighted by molar-refractivity contribution is 6.06. The Morgan fingerprint density at radius 2 is 2.19 bits per heavy atom. The first-order valence-electron chi connectivity index (χ1n) is 6.78. The van der Waals surface area contributed by atoms with Gasteiger partial charge in [0, 0.05) is 38.1 Å². The molecule has 1 aliphatic heterocycles. The number of carbonyl (C=O) groups excluding carboxylic acids is 1. The van der Waals surface area contributed by atoms with Crippen molar-refractivity contribution in [2.24, 2.45) is 0 Å². The van der Waals surface area contributed by atoms with E-state index in [1.165, 1.54) is 6.07 Å². The highest BCUT2D eigenvalue weighted by atomic mass is 16.3. The Balaban J connectivity index is 2.09. The maximum atomic E-state index is 12.1. The molecule has 1 aliphatic rings. The molecular weight excluding hydrogens is 268 g/mol. The summed E-state index contributed by atoms with van der Waals surface area (Å²) in [5.41, 5.74) is 1.39. The Morgan fingerprint density at radius 1 is 1.48 bits per heavy atom. The number of phenols is 1. The lowest BCUT2D eigenvalue weighted by molar-refractivity contribution is -0.112. The van der Waals surface area contributed by atoms with Gasteiger partial charge in [-0.05, 0) is 30.7 Å². The Hall–Kier alpha value is -2.52. The average Bonchev–Trinajstić information content (AvgIpc) is 2.48. The molecule has 1 saturated heterocycles. The topological polar surface area (TPSA) is 88.4 Å². The summed E-state index contributed by atoms with van der Waals surface area (Å²) in [6.07, 6.45) is 1.60. The Kier molecular flexibility index (Phi) is 4.80. The molecule has 1 heterocycles. The molecule has 1 amide bonds. The number of aromatic hydroxyl groups is 1. The van der Waals surface area contributed by atoms with Gasteiger partial charge in [0.2, 0.25) is 0 Å². The Bertz CT molecular complexity index is 598. The lowest BCUT2D eigenvalue weighted by atomic mass is 10.1. The lowest BCUT2D eigenvalue weighted by Gasteiger charge is -2.26. The number of amides is 1.